The van der Waals surface area contributed by atoms with Crippen molar-refractivity contribution in [2.24, 2.45) is 11.8 Å². The van der Waals surface area contributed by atoms with Crippen LogP contribution in [0.3, 0.4) is 0 Å². The molecule has 0 aromatic carbocycles. The molecule has 110 valence electrons. The van der Waals surface area contributed by atoms with E-state index in [1.54, 1.807) is 0 Å². The second kappa shape index (κ2) is 6.40. The molecule has 3 atom stereocenters. The number of hydrogen-bond donors (Lipinski definition) is 1. The van der Waals surface area contributed by atoms with Gasteiger partial charge in [-0.15, -0.1) is 0 Å². The van der Waals surface area contributed by atoms with Gasteiger partial charge in [0.05, 0.1) is 0 Å². The lowest BCUT2D eigenvalue weighted by atomic mass is 9.91. The predicted octanol–water partition coefficient (Wildman–Crippen LogP) is 2.18. The van der Waals surface area contributed by atoms with Crippen molar-refractivity contribution < 1.29 is 9.59 Å². The van der Waals surface area contributed by atoms with E-state index < -0.39 is 0 Å². The summed E-state index contributed by atoms with van der Waals surface area (Å²) in [4.78, 5) is 26.8. The van der Waals surface area contributed by atoms with E-state index in [1.807, 2.05) is 25.7 Å². The number of piperazine rings is 1. The average Bonchev–Trinajstić information content (AvgIpc) is 2.33. The lowest BCUT2D eigenvalue weighted by molar-refractivity contribution is -0.154. The second-order valence-electron chi connectivity index (χ2n) is 6.12. The van der Waals surface area contributed by atoms with Crippen molar-refractivity contribution >= 4 is 11.8 Å². The zero-order valence-corrected chi connectivity index (χ0v) is 13.1. The van der Waals surface area contributed by atoms with E-state index in [2.05, 4.69) is 26.1 Å². The fourth-order valence-electron chi connectivity index (χ4n) is 2.97. The highest BCUT2D eigenvalue weighted by molar-refractivity contribution is 5.97. The van der Waals surface area contributed by atoms with Gasteiger partial charge in [-0.25, -0.2) is 0 Å². The van der Waals surface area contributed by atoms with E-state index in [0.717, 1.165) is 6.42 Å². The number of hydrogen-bond acceptors (Lipinski definition) is 2. The third-order valence-corrected chi connectivity index (χ3v) is 4.06. The predicted molar refractivity (Wildman–Crippen MR) is 76.6 cm³/mol. The van der Waals surface area contributed by atoms with Crippen LogP contribution in [0.15, 0.2) is 0 Å². The van der Waals surface area contributed by atoms with Crippen LogP contribution < -0.4 is 5.32 Å². The molecule has 1 aliphatic heterocycles. The number of rotatable bonds is 5. The fourth-order valence-corrected chi connectivity index (χ4v) is 2.97. The first kappa shape index (κ1) is 16.0. The summed E-state index contributed by atoms with van der Waals surface area (Å²) in [5.74, 6) is 0.574. The Morgan fingerprint density at radius 3 is 2.11 bits per heavy atom. The molecule has 0 spiro atoms. The topological polar surface area (TPSA) is 49.4 Å². The summed E-state index contributed by atoms with van der Waals surface area (Å²) < 4.78 is 0. The van der Waals surface area contributed by atoms with Gasteiger partial charge < -0.3 is 10.2 Å². The maximum absolute atomic E-state index is 12.7. The summed E-state index contributed by atoms with van der Waals surface area (Å²) in [5, 5.41) is 2.88. The molecule has 1 aliphatic rings. The summed E-state index contributed by atoms with van der Waals surface area (Å²) in [6.45, 7) is 12.2. The van der Waals surface area contributed by atoms with Gasteiger partial charge in [0, 0.05) is 6.04 Å². The van der Waals surface area contributed by atoms with Crippen LogP contribution in [0.25, 0.3) is 0 Å². The molecule has 0 bridgehead atoms. The molecule has 0 aromatic rings. The highest BCUT2D eigenvalue weighted by Crippen LogP contribution is 2.25. The first-order chi connectivity index (χ1) is 8.84. The van der Waals surface area contributed by atoms with Crippen LogP contribution in [0.4, 0.5) is 0 Å². The normalized spacial score (nSPS) is 26.0. The van der Waals surface area contributed by atoms with Crippen molar-refractivity contribution in [3.8, 4) is 0 Å². The molecule has 0 aliphatic carbocycles. The van der Waals surface area contributed by atoms with Gasteiger partial charge in [-0.1, -0.05) is 41.5 Å². The van der Waals surface area contributed by atoms with Crippen LogP contribution >= 0.6 is 0 Å². The standard InChI is InChI=1S/C15H28N2O2/c1-7-11(9(3)4)17-12(8-2)14(18)16-13(10(5)6)15(17)19/h9-13H,7-8H2,1-6H3,(H,16,18). The molecule has 1 saturated heterocycles. The van der Waals surface area contributed by atoms with Crippen LogP contribution in [0.5, 0.6) is 0 Å². The van der Waals surface area contributed by atoms with E-state index in [9.17, 15) is 9.59 Å². The summed E-state index contributed by atoms with van der Waals surface area (Å²) in [6.07, 6.45) is 1.56. The average molecular weight is 268 g/mol. The molecule has 3 unspecified atom stereocenters. The molecule has 19 heavy (non-hydrogen) atoms. The Morgan fingerprint density at radius 2 is 1.74 bits per heavy atom. The lowest BCUT2D eigenvalue weighted by Gasteiger charge is -2.45. The van der Waals surface area contributed by atoms with Crippen molar-refractivity contribution in [2.75, 3.05) is 0 Å². The van der Waals surface area contributed by atoms with E-state index in [4.69, 9.17) is 0 Å². The first-order valence-electron chi connectivity index (χ1n) is 7.47. The Kier molecular flexibility index (Phi) is 5.39. The molecule has 1 rings (SSSR count). The monoisotopic (exact) mass is 268 g/mol. The van der Waals surface area contributed by atoms with Crippen molar-refractivity contribution in [1.29, 1.82) is 0 Å². The summed E-state index contributed by atoms with van der Waals surface area (Å²) >= 11 is 0. The number of carbonyl (C=O) groups excluding carboxylic acids is 2. The maximum Gasteiger partial charge on any atom is 0.246 e. The van der Waals surface area contributed by atoms with Gasteiger partial charge in [-0.2, -0.15) is 0 Å². The van der Waals surface area contributed by atoms with Gasteiger partial charge in [-0.3, -0.25) is 9.59 Å². The third kappa shape index (κ3) is 3.10. The number of nitrogens with one attached hydrogen (secondary N) is 1. The number of carbonyl (C=O) groups is 2. The Morgan fingerprint density at radius 1 is 1.16 bits per heavy atom. The first-order valence-corrected chi connectivity index (χ1v) is 7.47. The molecule has 0 aromatic heterocycles. The smallest absolute Gasteiger partial charge is 0.246 e. The SMILES string of the molecule is CCC1C(=O)NC(C(C)C)C(=O)N1C(CC)C(C)C. The number of amides is 2. The van der Waals surface area contributed by atoms with E-state index in [1.165, 1.54) is 0 Å². The van der Waals surface area contributed by atoms with Crippen LogP contribution in [-0.4, -0.2) is 34.8 Å². The van der Waals surface area contributed by atoms with Crippen LogP contribution in [-0.2, 0) is 9.59 Å². The Labute approximate surface area is 116 Å². The zero-order valence-electron chi connectivity index (χ0n) is 13.1. The van der Waals surface area contributed by atoms with Gasteiger partial charge in [0.1, 0.15) is 12.1 Å². The Bertz CT molecular complexity index is 339. The molecular formula is C15H28N2O2. The molecule has 1 N–H and O–H groups in total. The summed E-state index contributed by atoms with van der Waals surface area (Å²) in [5.41, 5.74) is 0. The van der Waals surface area contributed by atoms with Crippen molar-refractivity contribution in [2.45, 2.75) is 72.5 Å². The molecule has 1 heterocycles. The summed E-state index contributed by atoms with van der Waals surface area (Å²) in [7, 11) is 0. The quantitative estimate of drug-likeness (QED) is 0.831. The molecule has 4 nitrogen and oxygen atoms in total. The zero-order chi connectivity index (χ0) is 14.7. The Balaban J connectivity index is 3.11. The van der Waals surface area contributed by atoms with Crippen LogP contribution in [0.2, 0.25) is 0 Å². The van der Waals surface area contributed by atoms with E-state index in [-0.39, 0.29) is 35.9 Å². The molecular weight excluding hydrogens is 240 g/mol. The van der Waals surface area contributed by atoms with Gasteiger partial charge in [0.2, 0.25) is 11.8 Å². The minimum Gasteiger partial charge on any atom is -0.342 e. The van der Waals surface area contributed by atoms with E-state index in [0.29, 0.717) is 12.3 Å². The second-order valence-corrected chi connectivity index (χ2v) is 6.12. The lowest BCUT2D eigenvalue weighted by Crippen LogP contribution is -2.67. The number of nitrogens with zero attached hydrogens (tertiary/aromatic N) is 1. The molecule has 0 radical (unpaired) electrons. The van der Waals surface area contributed by atoms with Crippen LogP contribution in [0, 0.1) is 11.8 Å². The van der Waals surface area contributed by atoms with Crippen molar-refractivity contribution in [1.82, 2.24) is 10.2 Å². The molecule has 4 heteroatoms. The summed E-state index contributed by atoms with van der Waals surface area (Å²) in [6, 6.07) is -0.539. The molecule has 0 saturated carbocycles. The van der Waals surface area contributed by atoms with Gasteiger partial charge in [0.25, 0.3) is 0 Å². The van der Waals surface area contributed by atoms with Gasteiger partial charge >= 0.3 is 0 Å². The van der Waals surface area contributed by atoms with E-state index >= 15 is 0 Å². The van der Waals surface area contributed by atoms with Crippen molar-refractivity contribution in [3.05, 3.63) is 0 Å². The van der Waals surface area contributed by atoms with Gasteiger partial charge in [-0.05, 0) is 24.7 Å². The van der Waals surface area contributed by atoms with Gasteiger partial charge in [0.15, 0.2) is 0 Å². The molecule has 2 amide bonds. The van der Waals surface area contributed by atoms with Crippen molar-refractivity contribution in [3.63, 3.8) is 0 Å². The maximum atomic E-state index is 12.7. The third-order valence-electron chi connectivity index (χ3n) is 4.06. The highest BCUT2D eigenvalue weighted by atomic mass is 16.2. The molecule has 1 fully saturated rings. The minimum absolute atomic E-state index is 0.0000926. The Hall–Kier alpha value is -1.06. The van der Waals surface area contributed by atoms with Crippen LogP contribution in [0.1, 0.15) is 54.4 Å². The highest BCUT2D eigenvalue weighted by Gasteiger charge is 2.43. The fraction of sp³-hybridized carbons (Fsp3) is 0.867. The largest absolute Gasteiger partial charge is 0.342 e. The minimum atomic E-state index is -0.372.